The highest BCUT2D eigenvalue weighted by molar-refractivity contribution is 7.99. The van der Waals surface area contributed by atoms with Crippen LogP contribution in [-0.4, -0.2) is 34.1 Å². The van der Waals surface area contributed by atoms with E-state index < -0.39 is 0 Å². The molecule has 1 N–H and O–H groups in total. The third kappa shape index (κ3) is 3.51. The van der Waals surface area contributed by atoms with Crippen molar-refractivity contribution in [3.8, 4) is 5.88 Å². The first-order valence-corrected chi connectivity index (χ1v) is 7.86. The minimum Gasteiger partial charge on any atom is -0.478 e. The van der Waals surface area contributed by atoms with E-state index in [1.165, 1.54) is 19.3 Å². The van der Waals surface area contributed by atoms with Gasteiger partial charge in [-0.1, -0.05) is 13.3 Å². The zero-order valence-electron chi connectivity index (χ0n) is 11.1. The highest BCUT2D eigenvalue weighted by Gasteiger charge is 2.26. The van der Waals surface area contributed by atoms with Crippen molar-refractivity contribution in [2.24, 2.45) is 0 Å². The summed E-state index contributed by atoms with van der Waals surface area (Å²) >= 11 is 1.94. The van der Waals surface area contributed by atoms with E-state index in [1.807, 2.05) is 17.8 Å². The summed E-state index contributed by atoms with van der Waals surface area (Å²) in [6, 6.07) is 2.42. The van der Waals surface area contributed by atoms with Gasteiger partial charge in [0.2, 0.25) is 5.88 Å². The molecule has 2 unspecified atom stereocenters. The molecule has 0 spiro atoms. The third-order valence-electron chi connectivity index (χ3n) is 3.18. The molecule has 1 heterocycles. The summed E-state index contributed by atoms with van der Waals surface area (Å²) in [5.74, 6) is 1.54. The van der Waals surface area contributed by atoms with Crippen LogP contribution in [0.4, 0.5) is 5.82 Å². The molecular formula is C13H21N3OS. The van der Waals surface area contributed by atoms with Gasteiger partial charge in [-0.3, -0.25) is 0 Å². The summed E-state index contributed by atoms with van der Waals surface area (Å²) in [4.78, 5) is 8.38. The summed E-state index contributed by atoms with van der Waals surface area (Å²) in [5, 5.41) is 4.20. The van der Waals surface area contributed by atoms with E-state index >= 15 is 0 Å². The van der Waals surface area contributed by atoms with E-state index in [1.54, 1.807) is 6.33 Å². The van der Waals surface area contributed by atoms with Crippen molar-refractivity contribution in [1.29, 1.82) is 0 Å². The Labute approximate surface area is 113 Å². The van der Waals surface area contributed by atoms with Crippen LogP contribution in [0.15, 0.2) is 12.4 Å². The van der Waals surface area contributed by atoms with Crippen molar-refractivity contribution < 1.29 is 4.74 Å². The largest absolute Gasteiger partial charge is 0.478 e. The molecule has 1 saturated carbocycles. The molecule has 1 aliphatic rings. The van der Waals surface area contributed by atoms with Gasteiger partial charge in [0.15, 0.2) is 0 Å². The van der Waals surface area contributed by atoms with Crippen LogP contribution in [0.1, 0.15) is 32.6 Å². The van der Waals surface area contributed by atoms with E-state index in [4.69, 9.17) is 4.74 Å². The Morgan fingerprint density at radius 1 is 1.44 bits per heavy atom. The Balaban J connectivity index is 1.96. The van der Waals surface area contributed by atoms with Gasteiger partial charge in [-0.2, -0.15) is 11.8 Å². The number of anilines is 1. The fraction of sp³-hybridized carbons (Fsp3) is 0.692. The maximum Gasteiger partial charge on any atom is 0.218 e. The highest BCUT2D eigenvalue weighted by atomic mass is 32.2. The summed E-state index contributed by atoms with van der Waals surface area (Å²) < 4.78 is 5.52. The summed E-state index contributed by atoms with van der Waals surface area (Å²) in [6.45, 7) is 2.79. The van der Waals surface area contributed by atoms with Gasteiger partial charge in [0.05, 0.1) is 6.61 Å². The van der Waals surface area contributed by atoms with Crippen molar-refractivity contribution in [1.82, 2.24) is 9.97 Å². The number of ether oxygens (including phenoxy) is 1. The first kappa shape index (κ1) is 13.5. The molecule has 1 aromatic heterocycles. The number of rotatable bonds is 6. The standard InChI is InChI=1S/C13H21N3OS/c1-3-7-17-13-8-12(14-9-15-13)16-10-5-4-6-11(10)18-2/h8-11H,3-7H2,1-2H3,(H,14,15,16). The molecule has 0 aliphatic heterocycles. The Morgan fingerprint density at radius 3 is 3.11 bits per heavy atom. The predicted molar refractivity (Wildman–Crippen MR) is 76.4 cm³/mol. The van der Waals surface area contributed by atoms with E-state index in [2.05, 4.69) is 28.5 Å². The lowest BCUT2D eigenvalue weighted by Gasteiger charge is -2.19. The number of hydrogen-bond donors (Lipinski definition) is 1. The molecule has 1 aliphatic carbocycles. The summed E-state index contributed by atoms with van der Waals surface area (Å²) in [7, 11) is 0. The Hall–Kier alpha value is -0.970. The second kappa shape index (κ2) is 6.83. The van der Waals surface area contributed by atoms with E-state index in [0.29, 0.717) is 23.8 Å². The minimum atomic E-state index is 0.522. The molecule has 1 fully saturated rings. The molecule has 18 heavy (non-hydrogen) atoms. The van der Waals surface area contributed by atoms with Crippen LogP contribution in [0.2, 0.25) is 0 Å². The molecule has 0 amide bonds. The lowest BCUT2D eigenvalue weighted by atomic mass is 10.2. The van der Waals surface area contributed by atoms with E-state index in [9.17, 15) is 0 Å². The van der Waals surface area contributed by atoms with Crippen LogP contribution in [0.25, 0.3) is 0 Å². The molecule has 0 saturated heterocycles. The second-order valence-electron chi connectivity index (χ2n) is 4.55. The van der Waals surface area contributed by atoms with Gasteiger partial charge in [0.25, 0.3) is 0 Å². The second-order valence-corrected chi connectivity index (χ2v) is 5.62. The summed E-state index contributed by atoms with van der Waals surface area (Å²) in [6.07, 6.45) is 8.55. The van der Waals surface area contributed by atoms with Crippen molar-refractivity contribution in [2.45, 2.75) is 43.9 Å². The van der Waals surface area contributed by atoms with Crippen molar-refractivity contribution >= 4 is 17.6 Å². The van der Waals surface area contributed by atoms with Crippen LogP contribution in [-0.2, 0) is 0 Å². The molecular weight excluding hydrogens is 246 g/mol. The van der Waals surface area contributed by atoms with Gasteiger partial charge >= 0.3 is 0 Å². The molecule has 0 radical (unpaired) electrons. The zero-order chi connectivity index (χ0) is 12.8. The molecule has 5 heteroatoms. The van der Waals surface area contributed by atoms with Crippen LogP contribution in [0.5, 0.6) is 5.88 Å². The molecule has 0 aromatic carbocycles. The molecule has 100 valence electrons. The molecule has 2 atom stereocenters. The lowest BCUT2D eigenvalue weighted by molar-refractivity contribution is 0.305. The normalized spacial score (nSPS) is 23.0. The molecule has 0 bridgehead atoms. The Bertz CT molecular complexity index is 375. The average Bonchev–Trinajstić information content (AvgIpc) is 2.84. The van der Waals surface area contributed by atoms with Gasteiger partial charge in [-0.15, -0.1) is 0 Å². The van der Waals surface area contributed by atoms with Gasteiger partial charge in [0, 0.05) is 17.4 Å². The number of hydrogen-bond acceptors (Lipinski definition) is 5. The van der Waals surface area contributed by atoms with Crippen LogP contribution < -0.4 is 10.1 Å². The SMILES string of the molecule is CCCOc1cc(NC2CCCC2SC)ncn1. The third-order valence-corrected chi connectivity index (χ3v) is 4.35. The smallest absolute Gasteiger partial charge is 0.218 e. The van der Waals surface area contributed by atoms with Crippen molar-refractivity contribution in [3.63, 3.8) is 0 Å². The number of thioether (sulfide) groups is 1. The lowest BCUT2D eigenvalue weighted by Crippen LogP contribution is -2.26. The van der Waals surface area contributed by atoms with Crippen molar-refractivity contribution in [3.05, 3.63) is 12.4 Å². The first-order chi connectivity index (χ1) is 8.83. The quantitative estimate of drug-likeness (QED) is 0.858. The molecule has 1 aromatic rings. The van der Waals surface area contributed by atoms with Gasteiger partial charge in [-0.05, 0) is 25.5 Å². The maximum absolute atomic E-state index is 5.52. The monoisotopic (exact) mass is 267 g/mol. The van der Waals surface area contributed by atoms with E-state index in [0.717, 1.165) is 12.2 Å². The molecule has 4 nitrogen and oxygen atoms in total. The molecule has 2 rings (SSSR count). The fourth-order valence-electron chi connectivity index (χ4n) is 2.27. The predicted octanol–water partition coefficient (Wildman–Crippen LogP) is 2.96. The number of aromatic nitrogens is 2. The van der Waals surface area contributed by atoms with Crippen molar-refractivity contribution in [2.75, 3.05) is 18.2 Å². The zero-order valence-corrected chi connectivity index (χ0v) is 11.9. The van der Waals surface area contributed by atoms with E-state index in [-0.39, 0.29) is 0 Å². The Kier molecular flexibility index (Phi) is 5.11. The van der Waals surface area contributed by atoms with Gasteiger partial charge in [-0.25, -0.2) is 9.97 Å². The fourth-order valence-corrected chi connectivity index (χ4v) is 3.20. The van der Waals surface area contributed by atoms with Gasteiger partial charge < -0.3 is 10.1 Å². The average molecular weight is 267 g/mol. The minimum absolute atomic E-state index is 0.522. The highest BCUT2D eigenvalue weighted by Crippen LogP contribution is 2.30. The van der Waals surface area contributed by atoms with Crippen LogP contribution in [0, 0.1) is 0 Å². The first-order valence-electron chi connectivity index (χ1n) is 6.57. The number of nitrogens with one attached hydrogen (secondary N) is 1. The summed E-state index contributed by atoms with van der Waals surface area (Å²) in [5.41, 5.74) is 0. The Morgan fingerprint density at radius 2 is 2.33 bits per heavy atom. The maximum atomic E-state index is 5.52. The van der Waals surface area contributed by atoms with Crippen LogP contribution >= 0.6 is 11.8 Å². The number of nitrogens with zero attached hydrogens (tertiary/aromatic N) is 2. The topological polar surface area (TPSA) is 47.0 Å². The van der Waals surface area contributed by atoms with Crippen LogP contribution in [0.3, 0.4) is 0 Å². The van der Waals surface area contributed by atoms with Gasteiger partial charge in [0.1, 0.15) is 12.1 Å².